The van der Waals surface area contributed by atoms with Gasteiger partial charge in [0, 0.05) is 77.9 Å². The Morgan fingerprint density at radius 2 is 1.23 bits per heavy atom. The van der Waals surface area contributed by atoms with Crippen LogP contribution >= 0.6 is 0 Å². The summed E-state index contributed by atoms with van der Waals surface area (Å²) in [4.78, 5) is 9.58. The molecule has 3 heterocycles. The van der Waals surface area contributed by atoms with Crippen LogP contribution in [-0.4, -0.2) is 9.55 Å². The second-order valence-corrected chi connectivity index (χ2v) is 21.4. The van der Waals surface area contributed by atoms with E-state index in [0.717, 1.165) is 55.9 Å². The van der Waals surface area contributed by atoms with Crippen LogP contribution in [0.25, 0.3) is 61.0 Å². The Labute approximate surface area is 432 Å². The van der Waals surface area contributed by atoms with Crippen LogP contribution in [0.2, 0.25) is 0 Å². The zero-order valence-electron chi connectivity index (χ0n) is 41.4. The standard InChI is InChI=1S/C65H55N4O.Pt/c1-63(2,3)45-28-25-42(26-29-45)44-27-34-56-53(37-44)51-31-30-49(40-59(51)69(56)60-38-46(35-36-66-60)64(4,5)6)70-48-20-16-19-47(39-48)67-41-68(58-24-15-14-23-57(58)67)62-50(43-17-10-9-11-18-43)32-33-55-61(62)52-21-12-13-22-54(52)65(55,7)8;/h9-38,41H,1-8H3;/q-3;. The molecule has 0 amide bonds. The second-order valence-electron chi connectivity index (χ2n) is 21.4. The van der Waals surface area contributed by atoms with E-state index in [0.29, 0.717) is 11.5 Å². The Balaban J connectivity index is 0.00000547. The van der Waals surface area contributed by atoms with Gasteiger partial charge in [-0.1, -0.05) is 176 Å². The molecule has 0 fully saturated rings. The zero-order chi connectivity index (χ0) is 48.1. The summed E-state index contributed by atoms with van der Waals surface area (Å²) in [5, 5.41) is 2.21. The minimum atomic E-state index is -0.155. The van der Waals surface area contributed by atoms with Gasteiger partial charge in [0.2, 0.25) is 0 Å². The quantitative estimate of drug-likeness (QED) is 0.149. The molecule has 0 bridgehead atoms. The van der Waals surface area contributed by atoms with E-state index in [4.69, 9.17) is 9.72 Å². The van der Waals surface area contributed by atoms with Gasteiger partial charge in [-0.3, -0.25) is 0 Å². The summed E-state index contributed by atoms with van der Waals surface area (Å²) in [6.07, 6.45) is 1.92. The fourth-order valence-electron chi connectivity index (χ4n) is 10.7. The number of anilines is 4. The molecular formula is C65H55N4OPt-3. The summed E-state index contributed by atoms with van der Waals surface area (Å²) in [6.45, 7) is 20.4. The molecule has 1 aliphatic carbocycles. The van der Waals surface area contributed by atoms with Gasteiger partial charge in [-0.15, -0.1) is 48.1 Å². The van der Waals surface area contributed by atoms with Crippen molar-refractivity contribution in [3.63, 3.8) is 0 Å². The molecule has 0 atom stereocenters. The summed E-state index contributed by atoms with van der Waals surface area (Å²) in [6, 6.07) is 70.7. The van der Waals surface area contributed by atoms with Crippen molar-refractivity contribution < 1.29 is 25.8 Å². The molecule has 8 aromatic carbocycles. The first-order chi connectivity index (χ1) is 33.7. The first kappa shape index (κ1) is 46.2. The SMILES string of the molecule is CC(C)(C)c1ccc(-c2ccc3c(c2)c2ccc(Oc4[c-]c(N5[CH-]N(c6c(-c7ccccc7)ccc7c6-c6ccccc6C7(C)C)c6ccccc65)ccc4)[c-]c2n3-c2cc(C(C)(C)C)ccn2)cc1.[Pt]. The van der Waals surface area contributed by atoms with E-state index in [-0.39, 0.29) is 37.3 Å². The van der Waals surface area contributed by atoms with Crippen LogP contribution in [0.4, 0.5) is 22.7 Å². The number of fused-ring (bicyclic) bond motifs is 7. The maximum absolute atomic E-state index is 6.78. The van der Waals surface area contributed by atoms with Gasteiger partial charge in [0.15, 0.2) is 0 Å². The Kier molecular flexibility index (Phi) is 11.2. The van der Waals surface area contributed by atoms with E-state index in [1.165, 1.54) is 50.1 Å². The molecule has 0 radical (unpaired) electrons. The van der Waals surface area contributed by atoms with Gasteiger partial charge in [-0.2, -0.15) is 12.1 Å². The Bertz CT molecular complexity index is 3670. The maximum Gasteiger partial charge on any atom is 0.135 e. The van der Waals surface area contributed by atoms with Crippen molar-refractivity contribution in [1.82, 2.24) is 9.55 Å². The molecule has 12 rings (SSSR count). The first-order valence-electron chi connectivity index (χ1n) is 24.4. The van der Waals surface area contributed by atoms with Crippen LogP contribution in [0.5, 0.6) is 11.5 Å². The summed E-state index contributed by atoms with van der Waals surface area (Å²) in [5.41, 5.74) is 18.4. The molecule has 0 unspecified atom stereocenters. The fourth-order valence-corrected chi connectivity index (χ4v) is 10.7. The number of ether oxygens (including phenoxy) is 1. The van der Waals surface area contributed by atoms with Crippen molar-refractivity contribution >= 4 is 44.6 Å². The van der Waals surface area contributed by atoms with Crippen LogP contribution in [0.15, 0.2) is 182 Å². The number of aromatic nitrogens is 2. The van der Waals surface area contributed by atoms with E-state index in [1.54, 1.807) is 0 Å². The number of rotatable bonds is 7. The van der Waals surface area contributed by atoms with Crippen molar-refractivity contribution in [2.45, 2.75) is 71.6 Å². The molecule has 0 saturated carbocycles. The largest absolute Gasteiger partial charge is 0.509 e. The molecule has 2 aromatic heterocycles. The third-order valence-electron chi connectivity index (χ3n) is 14.5. The van der Waals surface area contributed by atoms with E-state index in [9.17, 15) is 0 Å². The van der Waals surface area contributed by atoms with Crippen LogP contribution in [-0.2, 0) is 37.3 Å². The monoisotopic (exact) mass is 1100 g/mol. The van der Waals surface area contributed by atoms with Gasteiger partial charge in [0.1, 0.15) is 5.82 Å². The van der Waals surface area contributed by atoms with Crippen molar-refractivity contribution in [3.05, 3.63) is 223 Å². The summed E-state index contributed by atoms with van der Waals surface area (Å²) < 4.78 is 9.01. The Hall–Kier alpha value is -7.20. The van der Waals surface area contributed by atoms with Crippen LogP contribution in [0.1, 0.15) is 77.6 Å². The molecule has 0 N–H and O–H groups in total. The molecule has 6 heteroatoms. The second kappa shape index (κ2) is 17.3. The van der Waals surface area contributed by atoms with Crippen molar-refractivity contribution in [3.8, 4) is 50.7 Å². The van der Waals surface area contributed by atoms with E-state index in [1.807, 2.05) is 24.4 Å². The normalized spacial score (nSPS) is 13.8. The fraction of sp³-hybridized carbons (Fsp3) is 0.169. The van der Waals surface area contributed by atoms with E-state index >= 15 is 0 Å². The van der Waals surface area contributed by atoms with Crippen molar-refractivity contribution in [2.75, 3.05) is 9.80 Å². The first-order valence-corrected chi connectivity index (χ1v) is 24.4. The number of hydrogen-bond acceptors (Lipinski definition) is 4. The van der Waals surface area contributed by atoms with Gasteiger partial charge < -0.3 is 19.1 Å². The molecule has 10 aromatic rings. The Morgan fingerprint density at radius 3 is 1.99 bits per heavy atom. The number of nitrogens with zero attached hydrogens (tertiary/aromatic N) is 4. The van der Waals surface area contributed by atoms with E-state index < -0.39 is 0 Å². The summed E-state index contributed by atoms with van der Waals surface area (Å²) in [7, 11) is 0. The molecule has 0 saturated heterocycles. The van der Waals surface area contributed by atoms with Crippen molar-refractivity contribution in [2.24, 2.45) is 0 Å². The molecule has 1 aliphatic heterocycles. The predicted molar refractivity (Wildman–Crippen MR) is 290 cm³/mol. The van der Waals surface area contributed by atoms with E-state index in [2.05, 4.69) is 246 Å². The molecule has 2 aliphatic rings. The van der Waals surface area contributed by atoms with Gasteiger partial charge in [-0.05, 0) is 91.1 Å². The number of hydrogen-bond donors (Lipinski definition) is 0. The van der Waals surface area contributed by atoms with Crippen LogP contribution in [0, 0.1) is 18.8 Å². The zero-order valence-corrected chi connectivity index (χ0v) is 43.7. The van der Waals surface area contributed by atoms with Crippen molar-refractivity contribution in [1.29, 1.82) is 0 Å². The average Bonchev–Trinajstić information content (AvgIpc) is 3.99. The third-order valence-corrected chi connectivity index (χ3v) is 14.5. The molecule has 5 nitrogen and oxygen atoms in total. The maximum atomic E-state index is 6.78. The smallest absolute Gasteiger partial charge is 0.135 e. The summed E-state index contributed by atoms with van der Waals surface area (Å²) >= 11 is 0. The average molecular weight is 1100 g/mol. The molecular weight excluding hydrogens is 1050 g/mol. The number of pyridine rings is 1. The molecule has 71 heavy (non-hydrogen) atoms. The van der Waals surface area contributed by atoms with Gasteiger partial charge in [-0.25, -0.2) is 4.98 Å². The minimum absolute atomic E-state index is 0. The summed E-state index contributed by atoms with van der Waals surface area (Å²) in [5.74, 6) is 2.03. The minimum Gasteiger partial charge on any atom is -0.509 e. The Morgan fingerprint density at radius 1 is 0.535 bits per heavy atom. The van der Waals surface area contributed by atoms with Crippen LogP contribution < -0.4 is 14.5 Å². The molecule has 354 valence electrons. The number of benzene rings is 8. The molecule has 0 spiro atoms. The third kappa shape index (κ3) is 7.86. The van der Waals surface area contributed by atoms with Gasteiger partial charge in [0.05, 0.1) is 0 Å². The van der Waals surface area contributed by atoms with Gasteiger partial charge in [0.25, 0.3) is 0 Å². The van der Waals surface area contributed by atoms with Gasteiger partial charge >= 0.3 is 0 Å². The number of para-hydroxylation sites is 2. The predicted octanol–water partition coefficient (Wildman–Crippen LogP) is 17.2. The topological polar surface area (TPSA) is 33.5 Å². The van der Waals surface area contributed by atoms with Crippen LogP contribution in [0.3, 0.4) is 0 Å².